The molecule has 1 aliphatic rings. The maximum Gasteiger partial charge on any atom is 0.229 e. The molecule has 0 spiro atoms. The Balaban J connectivity index is 1.49. The van der Waals surface area contributed by atoms with Gasteiger partial charge >= 0.3 is 0 Å². The van der Waals surface area contributed by atoms with Crippen molar-refractivity contribution < 1.29 is 9.53 Å². The highest BCUT2D eigenvalue weighted by Crippen LogP contribution is 2.30. The van der Waals surface area contributed by atoms with E-state index in [1.807, 2.05) is 60.7 Å². The van der Waals surface area contributed by atoms with Gasteiger partial charge in [-0.1, -0.05) is 30.3 Å². The zero-order valence-electron chi connectivity index (χ0n) is 16.5. The minimum Gasteiger partial charge on any atom is -0.497 e. The van der Waals surface area contributed by atoms with Crippen LogP contribution in [0.15, 0.2) is 73.1 Å². The number of pyridine rings is 1. The average Bonchev–Trinajstić information content (AvgIpc) is 2.80. The van der Waals surface area contributed by atoms with Crippen molar-refractivity contribution >= 4 is 17.3 Å². The Hall–Kier alpha value is -3.34. The molecule has 1 N–H and O–H groups in total. The van der Waals surface area contributed by atoms with Gasteiger partial charge < -0.3 is 15.0 Å². The molecule has 0 bridgehead atoms. The summed E-state index contributed by atoms with van der Waals surface area (Å²) in [6.07, 6.45) is 5.49. The number of rotatable bonds is 5. The van der Waals surface area contributed by atoms with Gasteiger partial charge in [0, 0.05) is 42.4 Å². The van der Waals surface area contributed by atoms with Gasteiger partial charge in [-0.15, -0.1) is 0 Å². The van der Waals surface area contributed by atoms with Crippen molar-refractivity contribution in [1.29, 1.82) is 0 Å². The molecular weight excluding hydrogens is 362 g/mol. The van der Waals surface area contributed by atoms with E-state index in [-0.39, 0.29) is 11.8 Å². The van der Waals surface area contributed by atoms with Crippen molar-refractivity contribution in [3.63, 3.8) is 0 Å². The largest absolute Gasteiger partial charge is 0.497 e. The number of hydrogen-bond acceptors (Lipinski definition) is 4. The van der Waals surface area contributed by atoms with Crippen LogP contribution in [0.5, 0.6) is 5.75 Å². The van der Waals surface area contributed by atoms with Crippen molar-refractivity contribution in [2.75, 3.05) is 30.4 Å². The Bertz CT molecular complexity index is 957. The zero-order valence-corrected chi connectivity index (χ0v) is 16.5. The van der Waals surface area contributed by atoms with Gasteiger partial charge in [0.25, 0.3) is 0 Å². The normalized spacial score (nSPS) is 16.3. The monoisotopic (exact) mass is 387 g/mol. The van der Waals surface area contributed by atoms with Gasteiger partial charge in [-0.25, -0.2) is 0 Å². The predicted octanol–water partition coefficient (Wildman–Crippen LogP) is 4.61. The van der Waals surface area contributed by atoms with E-state index < -0.39 is 0 Å². The molecule has 2 aromatic carbocycles. The third kappa shape index (κ3) is 4.40. The number of amides is 1. The molecule has 148 valence electrons. The third-order valence-corrected chi connectivity index (χ3v) is 5.41. The summed E-state index contributed by atoms with van der Waals surface area (Å²) in [4.78, 5) is 19.4. The van der Waals surface area contributed by atoms with E-state index in [1.54, 1.807) is 19.5 Å². The molecule has 1 amide bonds. The zero-order chi connectivity index (χ0) is 20.1. The van der Waals surface area contributed by atoms with Crippen LogP contribution in [0.2, 0.25) is 0 Å². The molecule has 5 nitrogen and oxygen atoms in total. The van der Waals surface area contributed by atoms with E-state index >= 15 is 0 Å². The Morgan fingerprint density at radius 3 is 2.59 bits per heavy atom. The number of carbonyl (C=O) groups is 1. The highest BCUT2D eigenvalue weighted by molar-refractivity contribution is 5.97. The lowest BCUT2D eigenvalue weighted by atomic mass is 9.96. The molecule has 2 heterocycles. The number of methoxy groups -OCH3 is 1. The van der Waals surface area contributed by atoms with Crippen LogP contribution >= 0.6 is 0 Å². The standard InChI is InChI=1S/C24H25N3O2/c1-29-21-10-8-18(9-11-21)22-6-2-3-7-23(22)26-24(28)19-5-4-16-27(17-19)20-12-14-25-15-13-20/h2-3,6-15,19H,4-5,16-17H2,1H3,(H,26,28). The van der Waals surface area contributed by atoms with Crippen molar-refractivity contribution in [3.8, 4) is 16.9 Å². The van der Waals surface area contributed by atoms with Gasteiger partial charge in [0.05, 0.1) is 13.0 Å². The molecule has 5 heteroatoms. The van der Waals surface area contributed by atoms with Crippen LogP contribution in [-0.2, 0) is 4.79 Å². The fourth-order valence-corrected chi connectivity index (χ4v) is 3.83. The summed E-state index contributed by atoms with van der Waals surface area (Å²) in [7, 11) is 1.66. The van der Waals surface area contributed by atoms with Crippen molar-refractivity contribution in [3.05, 3.63) is 73.1 Å². The maximum atomic E-state index is 13.1. The van der Waals surface area contributed by atoms with Gasteiger partial charge in [0.2, 0.25) is 5.91 Å². The molecule has 29 heavy (non-hydrogen) atoms. The second kappa shape index (κ2) is 8.78. The van der Waals surface area contributed by atoms with Gasteiger partial charge in [-0.2, -0.15) is 0 Å². The molecule has 1 aliphatic heterocycles. The first kappa shape index (κ1) is 19.0. The number of piperidine rings is 1. The summed E-state index contributed by atoms with van der Waals surface area (Å²) in [5.41, 5.74) is 4.01. The fourth-order valence-electron chi connectivity index (χ4n) is 3.83. The van der Waals surface area contributed by atoms with Crippen molar-refractivity contribution in [2.24, 2.45) is 5.92 Å². The van der Waals surface area contributed by atoms with Crippen LogP contribution in [-0.4, -0.2) is 31.1 Å². The van der Waals surface area contributed by atoms with E-state index in [1.165, 1.54) is 0 Å². The third-order valence-electron chi connectivity index (χ3n) is 5.41. The Labute approximate surface area is 171 Å². The molecule has 1 unspecified atom stereocenters. The molecule has 0 aliphatic carbocycles. The minimum atomic E-state index is -0.0409. The fraction of sp³-hybridized carbons (Fsp3) is 0.250. The lowest BCUT2D eigenvalue weighted by Crippen LogP contribution is -2.40. The highest BCUT2D eigenvalue weighted by atomic mass is 16.5. The topological polar surface area (TPSA) is 54.5 Å². The number of ether oxygens (including phenoxy) is 1. The second-order valence-corrected chi connectivity index (χ2v) is 7.25. The van der Waals surface area contributed by atoms with Gasteiger partial charge in [0.15, 0.2) is 0 Å². The Morgan fingerprint density at radius 1 is 1.07 bits per heavy atom. The molecule has 1 atom stereocenters. The number of anilines is 2. The summed E-state index contributed by atoms with van der Waals surface area (Å²) in [5, 5.41) is 3.17. The number of hydrogen-bond donors (Lipinski definition) is 1. The summed E-state index contributed by atoms with van der Waals surface area (Å²) in [5.74, 6) is 0.847. The van der Waals surface area contributed by atoms with E-state index in [0.29, 0.717) is 0 Å². The molecule has 0 radical (unpaired) electrons. The second-order valence-electron chi connectivity index (χ2n) is 7.25. The number of aromatic nitrogens is 1. The number of para-hydroxylation sites is 1. The molecule has 0 saturated carbocycles. The van der Waals surface area contributed by atoms with Crippen LogP contribution in [0.1, 0.15) is 12.8 Å². The van der Waals surface area contributed by atoms with Gasteiger partial charge in [0.1, 0.15) is 5.75 Å². The molecule has 1 saturated heterocycles. The summed E-state index contributed by atoms with van der Waals surface area (Å²) >= 11 is 0. The summed E-state index contributed by atoms with van der Waals surface area (Å²) < 4.78 is 5.25. The lowest BCUT2D eigenvalue weighted by molar-refractivity contribution is -0.120. The van der Waals surface area contributed by atoms with E-state index in [4.69, 9.17) is 4.74 Å². The van der Waals surface area contributed by atoms with E-state index in [9.17, 15) is 4.79 Å². The summed E-state index contributed by atoms with van der Waals surface area (Å²) in [6.45, 7) is 1.69. The molecular formula is C24H25N3O2. The summed E-state index contributed by atoms with van der Waals surface area (Å²) in [6, 6.07) is 19.8. The smallest absolute Gasteiger partial charge is 0.229 e. The van der Waals surface area contributed by atoms with Crippen molar-refractivity contribution in [2.45, 2.75) is 12.8 Å². The van der Waals surface area contributed by atoms with E-state index in [2.05, 4.69) is 15.2 Å². The Kier molecular flexibility index (Phi) is 5.75. The van der Waals surface area contributed by atoms with Crippen LogP contribution in [0.3, 0.4) is 0 Å². The first-order valence-corrected chi connectivity index (χ1v) is 9.94. The van der Waals surface area contributed by atoms with Crippen LogP contribution < -0.4 is 15.0 Å². The highest BCUT2D eigenvalue weighted by Gasteiger charge is 2.26. The van der Waals surface area contributed by atoms with Crippen LogP contribution in [0.25, 0.3) is 11.1 Å². The quantitative estimate of drug-likeness (QED) is 0.694. The molecule has 3 aromatic rings. The van der Waals surface area contributed by atoms with Crippen LogP contribution in [0, 0.1) is 5.92 Å². The predicted molar refractivity (Wildman–Crippen MR) is 116 cm³/mol. The lowest BCUT2D eigenvalue weighted by Gasteiger charge is -2.33. The van der Waals surface area contributed by atoms with Crippen LogP contribution in [0.4, 0.5) is 11.4 Å². The molecule has 4 rings (SSSR count). The number of nitrogens with zero attached hydrogens (tertiary/aromatic N) is 2. The minimum absolute atomic E-state index is 0.0409. The average molecular weight is 387 g/mol. The number of benzene rings is 2. The number of carbonyl (C=O) groups excluding carboxylic acids is 1. The van der Waals surface area contributed by atoms with E-state index in [0.717, 1.165) is 54.2 Å². The first-order valence-electron chi connectivity index (χ1n) is 9.94. The molecule has 1 fully saturated rings. The van der Waals surface area contributed by atoms with Gasteiger partial charge in [-0.05, 0) is 48.7 Å². The Morgan fingerprint density at radius 2 is 1.83 bits per heavy atom. The molecule has 1 aromatic heterocycles. The first-order chi connectivity index (χ1) is 14.2. The van der Waals surface area contributed by atoms with Crippen molar-refractivity contribution in [1.82, 2.24) is 4.98 Å². The van der Waals surface area contributed by atoms with Gasteiger partial charge in [-0.3, -0.25) is 9.78 Å². The number of nitrogens with one attached hydrogen (secondary N) is 1. The SMILES string of the molecule is COc1ccc(-c2ccccc2NC(=O)C2CCCN(c3ccncc3)C2)cc1. The maximum absolute atomic E-state index is 13.1.